The first kappa shape index (κ1) is 20.8. The molecule has 2 heterocycles. The zero-order chi connectivity index (χ0) is 22.3. The number of nitrogens with zero attached hydrogens (tertiary/aromatic N) is 2. The van der Waals surface area contributed by atoms with E-state index in [0.717, 1.165) is 19.5 Å². The number of pyridine rings is 2. The molecule has 0 radical (unpaired) electrons. The van der Waals surface area contributed by atoms with Gasteiger partial charge in [0, 0.05) is 35.4 Å². The van der Waals surface area contributed by atoms with E-state index in [1.54, 1.807) is 0 Å². The Morgan fingerprint density at radius 1 is 0.455 bits per heavy atom. The molecule has 5 rings (SSSR count). The highest BCUT2D eigenvalue weighted by molar-refractivity contribution is 5.61. The lowest BCUT2D eigenvalue weighted by atomic mass is 10.0. The van der Waals surface area contributed by atoms with Gasteiger partial charge in [0.1, 0.15) is 0 Å². The first-order valence-corrected chi connectivity index (χ1v) is 11.5. The largest absolute Gasteiger partial charge is 0.201 e. The lowest BCUT2D eigenvalue weighted by Crippen LogP contribution is -2.38. The van der Waals surface area contributed by atoms with Crippen LogP contribution in [0.3, 0.4) is 0 Å². The second kappa shape index (κ2) is 10.1. The van der Waals surface area contributed by atoms with Gasteiger partial charge < -0.3 is 0 Å². The second-order valence-corrected chi connectivity index (χ2v) is 8.43. The van der Waals surface area contributed by atoms with Crippen LogP contribution in [0.1, 0.15) is 22.4 Å². The first-order chi connectivity index (χ1) is 16.3. The minimum Gasteiger partial charge on any atom is -0.201 e. The Bertz CT molecular complexity index is 1300. The minimum atomic E-state index is 0.870. The molecular weight excluding hydrogens is 400 g/mol. The fraction of sp³-hybridized carbons (Fsp3) is 0.0968. The van der Waals surface area contributed by atoms with E-state index in [2.05, 4.69) is 143 Å². The molecule has 0 saturated heterocycles. The highest BCUT2D eigenvalue weighted by Crippen LogP contribution is 2.19. The van der Waals surface area contributed by atoms with E-state index in [1.807, 2.05) is 0 Å². The Morgan fingerprint density at radius 2 is 0.970 bits per heavy atom. The van der Waals surface area contributed by atoms with Crippen molar-refractivity contribution in [3.05, 3.63) is 156 Å². The maximum atomic E-state index is 2.37. The molecule has 2 nitrogen and oxygen atoms in total. The third kappa shape index (κ3) is 5.42. The van der Waals surface area contributed by atoms with Gasteiger partial charge in [-0.25, -0.2) is 4.57 Å². The smallest absolute Gasteiger partial charge is 0.186 e. The van der Waals surface area contributed by atoms with Gasteiger partial charge in [-0.05, 0) is 16.7 Å². The van der Waals surface area contributed by atoms with Gasteiger partial charge >= 0.3 is 0 Å². The third-order valence-corrected chi connectivity index (χ3v) is 5.98. The third-order valence-electron chi connectivity index (χ3n) is 5.98. The van der Waals surface area contributed by atoms with Crippen molar-refractivity contribution >= 4 is 0 Å². The number of hydrogen-bond donors (Lipinski definition) is 0. The van der Waals surface area contributed by atoms with Crippen molar-refractivity contribution in [3.8, 4) is 11.1 Å². The van der Waals surface area contributed by atoms with Crippen LogP contribution in [0.2, 0.25) is 0 Å². The first-order valence-electron chi connectivity index (χ1n) is 11.5. The molecule has 0 aliphatic heterocycles. The molecule has 0 aliphatic carbocycles. The molecule has 0 bridgehead atoms. The number of hydrogen-bond acceptors (Lipinski definition) is 0. The van der Waals surface area contributed by atoms with E-state index in [9.17, 15) is 0 Å². The summed E-state index contributed by atoms with van der Waals surface area (Å²) in [5.41, 5.74) is 7.74. The molecule has 0 fully saturated rings. The molecule has 33 heavy (non-hydrogen) atoms. The van der Waals surface area contributed by atoms with E-state index >= 15 is 0 Å². The van der Waals surface area contributed by atoms with Crippen molar-refractivity contribution in [2.75, 3.05) is 0 Å². The van der Waals surface area contributed by atoms with Crippen molar-refractivity contribution in [1.82, 2.24) is 0 Å². The van der Waals surface area contributed by atoms with Crippen molar-refractivity contribution in [2.45, 2.75) is 19.5 Å². The number of rotatable bonds is 7. The van der Waals surface area contributed by atoms with Gasteiger partial charge in [-0.1, -0.05) is 91.0 Å². The van der Waals surface area contributed by atoms with E-state index in [-0.39, 0.29) is 0 Å². The predicted octanol–water partition coefficient (Wildman–Crippen LogP) is 5.62. The fourth-order valence-corrected chi connectivity index (χ4v) is 4.20. The van der Waals surface area contributed by atoms with Crippen LogP contribution in [0, 0.1) is 0 Å². The lowest BCUT2D eigenvalue weighted by Gasteiger charge is -2.08. The van der Waals surface area contributed by atoms with E-state index in [1.165, 1.54) is 33.5 Å². The lowest BCUT2D eigenvalue weighted by molar-refractivity contribution is -0.695. The SMILES string of the molecule is c1ccc(Cc2cc(-c3cc[n+](Cc4ccccc4)cc3)cc[n+]2Cc2ccccc2)cc1. The van der Waals surface area contributed by atoms with Crippen LogP contribution < -0.4 is 9.13 Å². The topological polar surface area (TPSA) is 7.76 Å². The standard InChI is InChI=1S/C31H28N2/c1-4-10-26(11-5-1)22-31-23-30(18-21-33(31)25-28-14-8-3-9-15-28)29-16-19-32(20-17-29)24-27-12-6-2-7-13-27/h1-21,23H,22,24-25H2/q+2. The molecule has 3 aromatic carbocycles. The summed E-state index contributed by atoms with van der Waals surface area (Å²) in [5, 5.41) is 0. The summed E-state index contributed by atoms with van der Waals surface area (Å²) in [6.45, 7) is 1.75. The zero-order valence-corrected chi connectivity index (χ0v) is 18.7. The Balaban J connectivity index is 1.43. The van der Waals surface area contributed by atoms with Gasteiger partial charge in [0.05, 0.1) is 6.42 Å². The maximum absolute atomic E-state index is 2.37. The summed E-state index contributed by atoms with van der Waals surface area (Å²) in [6, 6.07) is 40.9. The average Bonchev–Trinajstić information content (AvgIpc) is 2.87. The number of aromatic nitrogens is 2. The molecule has 0 atom stereocenters. The van der Waals surface area contributed by atoms with Gasteiger partial charge in [0.25, 0.3) is 0 Å². The predicted molar refractivity (Wildman–Crippen MR) is 133 cm³/mol. The molecule has 0 unspecified atom stereocenters. The summed E-state index contributed by atoms with van der Waals surface area (Å²) in [7, 11) is 0. The van der Waals surface area contributed by atoms with Crippen LogP contribution in [0.15, 0.2) is 134 Å². The Kier molecular flexibility index (Phi) is 6.35. The molecule has 2 aromatic heterocycles. The molecular formula is C31H28N2+2. The van der Waals surface area contributed by atoms with Gasteiger partial charge in [-0.3, -0.25) is 0 Å². The molecule has 0 saturated carbocycles. The highest BCUT2D eigenvalue weighted by Gasteiger charge is 2.15. The number of benzene rings is 3. The molecule has 0 spiro atoms. The fourth-order valence-electron chi connectivity index (χ4n) is 4.20. The molecule has 5 aromatic rings. The van der Waals surface area contributed by atoms with Crippen LogP contribution in [0.5, 0.6) is 0 Å². The molecule has 2 heteroatoms. The van der Waals surface area contributed by atoms with Gasteiger partial charge in [0.2, 0.25) is 0 Å². The van der Waals surface area contributed by atoms with E-state index in [0.29, 0.717) is 0 Å². The maximum Gasteiger partial charge on any atom is 0.186 e. The zero-order valence-electron chi connectivity index (χ0n) is 18.7. The Hall–Kier alpha value is -4.04. The summed E-state index contributed by atoms with van der Waals surface area (Å²) in [5.74, 6) is 0. The summed E-state index contributed by atoms with van der Waals surface area (Å²) in [6.07, 6.45) is 7.47. The Morgan fingerprint density at radius 3 is 1.58 bits per heavy atom. The normalized spacial score (nSPS) is 10.8. The molecule has 0 N–H and O–H groups in total. The quantitative estimate of drug-likeness (QED) is 0.298. The highest BCUT2D eigenvalue weighted by atomic mass is 15.0. The van der Waals surface area contributed by atoms with Crippen LogP contribution >= 0.6 is 0 Å². The average molecular weight is 429 g/mol. The Labute approximate surface area is 196 Å². The van der Waals surface area contributed by atoms with Gasteiger partial charge in [-0.2, -0.15) is 4.57 Å². The second-order valence-electron chi connectivity index (χ2n) is 8.43. The van der Waals surface area contributed by atoms with Crippen LogP contribution in [0.25, 0.3) is 11.1 Å². The van der Waals surface area contributed by atoms with Crippen LogP contribution in [0.4, 0.5) is 0 Å². The van der Waals surface area contributed by atoms with Crippen molar-refractivity contribution in [3.63, 3.8) is 0 Å². The molecule has 0 amide bonds. The molecule has 0 aliphatic rings. The van der Waals surface area contributed by atoms with Crippen LogP contribution in [-0.2, 0) is 19.5 Å². The van der Waals surface area contributed by atoms with Crippen molar-refractivity contribution < 1.29 is 9.13 Å². The molecule has 160 valence electrons. The van der Waals surface area contributed by atoms with Crippen molar-refractivity contribution in [2.24, 2.45) is 0 Å². The van der Waals surface area contributed by atoms with Gasteiger partial charge in [0.15, 0.2) is 37.4 Å². The van der Waals surface area contributed by atoms with Crippen LogP contribution in [-0.4, -0.2) is 0 Å². The summed E-state index contributed by atoms with van der Waals surface area (Å²) >= 11 is 0. The minimum absolute atomic E-state index is 0.870. The van der Waals surface area contributed by atoms with E-state index < -0.39 is 0 Å². The van der Waals surface area contributed by atoms with Gasteiger partial charge in [-0.15, -0.1) is 0 Å². The van der Waals surface area contributed by atoms with Crippen molar-refractivity contribution in [1.29, 1.82) is 0 Å². The summed E-state index contributed by atoms with van der Waals surface area (Å²) in [4.78, 5) is 0. The summed E-state index contributed by atoms with van der Waals surface area (Å²) < 4.78 is 4.59. The monoisotopic (exact) mass is 428 g/mol. The van der Waals surface area contributed by atoms with E-state index in [4.69, 9.17) is 0 Å².